The molecule has 1 aromatic heterocycles. The quantitative estimate of drug-likeness (QED) is 0.842. The van der Waals surface area contributed by atoms with Gasteiger partial charge in [-0.25, -0.2) is 0 Å². The number of nitrogens with zero attached hydrogens (tertiary/aromatic N) is 2. The lowest BCUT2D eigenvalue weighted by Gasteiger charge is -2.20. The minimum absolute atomic E-state index is 0.0779. The van der Waals surface area contributed by atoms with Crippen molar-refractivity contribution in [1.82, 2.24) is 9.88 Å². The molecular formula is C17H18BrN3O2. The van der Waals surface area contributed by atoms with Gasteiger partial charge in [-0.1, -0.05) is 28.1 Å². The van der Waals surface area contributed by atoms with E-state index in [1.165, 1.54) is 6.92 Å². The van der Waals surface area contributed by atoms with Gasteiger partial charge in [0.05, 0.1) is 12.2 Å². The second-order valence-electron chi connectivity index (χ2n) is 5.07. The van der Waals surface area contributed by atoms with Crippen LogP contribution in [0.4, 0.5) is 5.69 Å². The van der Waals surface area contributed by atoms with Crippen molar-refractivity contribution >= 4 is 33.4 Å². The molecule has 0 aliphatic carbocycles. The maximum absolute atomic E-state index is 12.0. The molecule has 2 amide bonds. The molecule has 2 rings (SSSR count). The van der Waals surface area contributed by atoms with Gasteiger partial charge in [0.15, 0.2) is 0 Å². The van der Waals surface area contributed by atoms with Crippen LogP contribution in [0.5, 0.6) is 0 Å². The number of anilines is 1. The van der Waals surface area contributed by atoms with E-state index in [1.54, 1.807) is 11.1 Å². The SMILES string of the molecule is CC(=O)N(CCC(=O)Nc1cccc(Br)c1)Cc1ccccn1. The molecule has 0 saturated heterocycles. The lowest BCUT2D eigenvalue weighted by atomic mass is 10.2. The van der Waals surface area contributed by atoms with Crippen LogP contribution >= 0.6 is 15.9 Å². The summed E-state index contributed by atoms with van der Waals surface area (Å²) in [6, 6.07) is 12.9. The molecule has 120 valence electrons. The Labute approximate surface area is 143 Å². The number of pyridine rings is 1. The standard InChI is InChI=1S/C17H18BrN3O2/c1-13(22)21(12-16-6-2-3-9-19-16)10-8-17(23)20-15-7-4-5-14(18)11-15/h2-7,9,11H,8,10,12H2,1H3,(H,20,23). The number of halogens is 1. The Kier molecular flexibility index (Phi) is 6.29. The molecule has 6 heteroatoms. The van der Waals surface area contributed by atoms with Crippen molar-refractivity contribution in [3.8, 4) is 0 Å². The summed E-state index contributed by atoms with van der Waals surface area (Å²) >= 11 is 3.36. The van der Waals surface area contributed by atoms with E-state index < -0.39 is 0 Å². The van der Waals surface area contributed by atoms with Crippen molar-refractivity contribution in [3.05, 3.63) is 58.8 Å². The summed E-state index contributed by atoms with van der Waals surface area (Å²) in [6.07, 6.45) is 1.92. The normalized spacial score (nSPS) is 10.2. The van der Waals surface area contributed by atoms with Crippen LogP contribution in [0.2, 0.25) is 0 Å². The first kappa shape index (κ1) is 17.1. The maximum atomic E-state index is 12.0. The van der Waals surface area contributed by atoms with Crippen LogP contribution in [0.15, 0.2) is 53.1 Å². The van der Waals surface area contributed by atoms with E-state index in [9.17, 15) is 9.59 Å². The van der Waals surface area contributed by atoms with E-state index in [1.807, 2.05) is 42.5 Å². The minimum Gasteiger partial charge on any atom is -0.337 e. The molecule has 0 atom stereocenters. The highest BCUT2D eigenvalue weighted by atomic mass is 79.9. The van der Waals surface area contributed by atoms with E-state index >= 15 is 0 Å². The maximum Gasteiger partial charge on any atom is 0.226 e. The smallest absolute Gasteiger partial charge is 0.226 e. The molecule has 1 aromatic carbocycles. The van der Waals surface area contributed by atoms with Crippen molar-refractivity contribution in [1.29, 1.82) is 0 Å². The van der Waals surface area contributed by atoms with Crippen LogP contribution in [-0.2, 0) is 16.1 Å². The molecule has 2 aromatic rings. The number of aromatic nitrogens is 1. The van der Waals surface area contributed by atoms with E-state index in [0.717, 1.165) is 15.9 Å². The van der Waals surface area contributed by atoms with Crippen molar-refractivity contribution in [2.24, 2.45) is 0 Å². The summed E-state index contributed by atoms with van der Waals surface area (Å²) in [5, 5.41) is 2.82. The van der Waals surface area contributed by atoms with Crippen molar-refractivity contribution < 1.29 is 9.59 Å². The first-order valence-electron chi connectivity index (χ1n) is 7.25. The summed E-state index contributed by atoms with van der Waals surface area (Å²) in [6.45, 7) is 2.25. The molecule has 1 N–H and O–H groups in total. The molecule has 1 heterocycles. The lowest BCUT2D eigenvalue weighted by molar-refractivity contribution is -0.130. The molecule has 0 radical (unpaired) electrons. The zero-order chi connectivity index (χ0) is 16.7. The van der Waals surface area contributed by atoms with Gasteiger partial charge < -0.3 is 10.2 Å². The van der Waals surface area contributed by atoms with E-state index in [2.05, 4.69) is 26.2 Å². The van der Waals surface area contributed by atoms with Crippen LogP contribution in [-0.4, -0.2) is 28.2 Å². The summed E-state index contributed by atoms with van der Waals surface area (Å²) in [4.78, 5) is 29.6. The summed E-state index contributed by atoms with van der Waals surface area (Å²) in [5.41, 5.74) is 1.53. The number of hydrogen-bond donors (Lipinski definition) is 1. The third-order valence-electron chi connectivity index (χ3n) is 3.24. The van der Waals surface area contributed by atoms with Gasteiger partial charge in [-0.15, -0.1) is 0 Å². The Balaban J connectivity index is 1.88. The van der Waals surface area contributed by atoms with E-state index in [4.69, 9.17) is 0 Å². The number of carbonyl (C=O) groups excluding carboxylic acids is 2. The number of hydrogen-bond acceptors (Lipinski definition) is 3. The average Bonchev–Trinajstić information content (AvgIpc) is 2.52. The molecule has 0 aliphatic rings. The predicted octanol–water partition coefficient (Wildman–Crippen LogP) is 3.22. The van der Waals surface area contributed by atoms with Gasteiger partial charge in [0, 0.05) is 36.2 Å². The van der Waals surface area contributed by atoms with Crippen LogP contribution in [0.3, 0.4) is 0 Å². The highest BCUT2D eigenvalue weighted by Gasteiger charge is 2.12. The van der Waals surface area contributed by atoms with E-state index in [0.29, 0.717) is 13.1 Å². The Bertz CT molecular complexity index is 677. The molecular weight excluding hydrogens is 358 g/mol. The number of nitrogens with one attached hydrogen (secondary N) is 1. The highest BCUT2D eigenvalue weighted by Crippen LogP contribution is 2.15. The molecule has 23 heavy (non-hydrogen) atoms. The van der Waals surface area contributed by atoms with Gasteiger partial charge >= 0.3 is 0 Å². The lowest BCUT2D eigenvalue weighted by Crippen LogP contribution is -2.31. The largest absolute Gasteiger partial charge is 0.337 e. The molecule has 0 aliphatic heterocycles. The molecule has 0 spiro atoms. The minimum atomic E-state index is -0.129. The van der Waals surface area contributed by atoms with Crippen molar-refractivity contribution in [3.63, 3.8) is 0 Å². The average molecular weight is 376 g/mol. The fraction of sp³-hybridized carbons (Fsp3) is 0.235. The first-order chi connectivity index (χ1) is 11.0. The monoisotopic (exact) mass is 375 g/mol. The second-order valence-corrected chi connectivity index (χ2v) is 5.99. The predicted molar refractivity (Wildman–Crippen MR) is 92.7 cm³/mol. The van der Waals surface area contributed by atoms with Crippen LogP contribution < -0.4 is 5.32 Å². The molecule has 0 fully saturated rings. The number of benzene rings is 1. The van der Waals surface area contributed by atoms with Gasteiger partial charge in [0.1, 0.15) is 0 Å². The summed E-state index contributed by atoms with van der Waals surface area (Å²) in [7, 11) is 0. The summed E-state index contributed by atoms with van der Waals surface area (Å²) in [5.74, 6) is -0.207. The molecule has 0 saturated carbocycles. The Morgan fingerprint density at radius 2 is 2.04 bits per heavy atom. The highest BCUT2D eigenvalue weighted by molar-refractivity contribution is 9.10. The third-order valence-corrected chi connectivity index (χ3v) is 3.73. The second kappa shape index (κ2) is 8.43. The Morgan fingerprint density at radius 1 is 1.22 bits per heavy atom. The number of carbonyl (C=O) groups is 2. The molecule has 0 unspecified atom stereocenters. The Morgan fingerprint density at radius 3 is 2.70 bits per heavy atom. The van der Waals surface area contributed by atoms with Crippen molar-refractivity contribution in [2.75, 3.05) is 11.9 Å². The number of amides is 2. The fourth-order valence-corrected chi connectivity index (χ4v) is 2.46. The van der Waals surface area contributed by atoms with Gasteiger partial charge in [0.25, 0.3) is 0 Å². The van der Waals surface area contributed by atoms with Gasteiger partial charge in [-0.3, -0.25) is 14.6 Å². The topological polar surface area (TPSA) is 62.3 Å². The molecule has 0 bridgehead atoms. The van der Waals surface area contributed by atoms with Crippen LogP contribution in [0.25, 0.3) is 0 Å². The zero-order valence-electron chi connectivity index (χ0n) is 12.8. The summed E-state index contributed by atoms with van der Waals surface area (Å²) < 4.78 is 0.899. The van der Waals surface area contributed by atoms with Gasteiger partial charge in [0.2, 0.25) is 11.8 Å². The van der Waals surface area contributed by atoms with Gasteiger partial charge in [-0.2, -0.15) is 0 Å². The Hall–Kier alpha value is -2.21. The number of rotatable bonds is 6. The molecule has 5 nitrogen and oxygen atoms in total. The van der Waals surface area contributed by atoms with E-state index in [-0.39, 0.29) is 18.2 Å². The van der Waals surface area contributed by atoms with Crippen LogP contribution in [0, 0.1) is 0 Å². The van der Waals surface area contributed by atoms with Crippen LogP contribution in [0.1, 0.15) is 19.0 Å². The first-order valence-corrected chi connectivity index (χ1v) is 8.05. The zero-order valence-corrected chi connectivity index (χ0v) is 14.4. The third kappa shape index (κ3) is 5.83. The van der Waals surface area contributed by atoms with Crippen molar-refractivity contribution in [2.45, 2.75) is 19.9 Å². The fourth-order valence-electron chi connectivity index (χ4n) is 2.06. The van der Waals surface area contributed by atoms with Gasteiger partial charge in [-0.05, 0) is 30.3 Å².